The monoisotopic (exact) mass is 580 g/mol. The van der Waals surface area contributed by atoms with Crippen molar-refractivity contribution in [3.05, 3.63) is 39.5 Å². The van der Waals surface area contributed by atoms with Gasteiger partial charge in [0.25, 0.3) is 0 Å². The molecule has 5 heterocycles. The van der Waals surface area contributed by atoms with Crippen LogP contribution in [-0.4, -0.2) is 59.4 Å². The molecule has 2 aromatic rings. The van der Waals surface area contributed by atoms with Gasteiger partial charge in [-0.1, -0.05) is 11.6 Å². The molecule has 0 bridgehead atoms. The molecule has 4 aliphatic heterocycles. The fourth-order valence-electron chi connectivity index (χ4n) is 8.07. The standard InChI is InChI=1S/C31H38ClFN6O2/c32-26-13-22(35)12-25-23(26)5-1-8-31(25)15-27-24(18-41-31)28(38-9-2-4-20(16-34)6-11-38)37-29(36-27)40-19-30-7-3-10-39(30)17-21(33)14-30/h12-13,20-21H,1-11,14-15,17-19,35H2/t20-,21-,30+,31?/m1/s1. The summed E-state index contributed by atoms with van der Waals surface area (Å²) in [5.41, 5.74) is 10.2. The summed E-state index contributed by atoms with van der Waals surface area (Å²) in [5, 5.41) is 10.2. The van der Waals surface area contributed by atoms with Gasteiger partial charge < -0.3 is 20.1 Å². The summed E-state index contributed by atoms with van der Waals surface area (Å²) in [5.74, 6) is 0.904. The molecule has 2 N–H and O–H groups in total. The number of nitrogens with two attached hydrogens (primary N) is 1. The summed E-state index contributed by atoms with van der Waals surface area (Å²) in [4.78, 5) is 14.5. The number of nitrogens with zero attached hydrogens (tertiary/aromatic N) is 5. The van der Waals surface area contributed by atoms with Gasteiger partial charge in [0, 0.05) is 54.7 Å². The zero-order valence-electron chi connectivity index (χ0n) is 23.5. The maximum Gasteiger partial charge on any atom is 0.318 e. The molecular weight excluding hydrogens is 543 g/mol. The number of halogens is 2. The molecule has 1 spiro atoms. The smallest absolute Gasteiger partial charge is 0.318 e. The van der Waals surface area contributed by atoms with Crippen LogP contribution in [0.2, 0.25) is 5.02 Å². The minimum absolute atomic E-state index is 0.0605. The predicted octanol–water partition coefficient (Wildman–Crippen LogP) is 5.10. The molecule has 3 fully saturated rings. The highest BCUT2D eigenvalue weighted by Gasteiger charge is 2.50. The lowest BCUT2D eigenvalue weighted by Gasteiger charge is -2.43. The zero-order valence-corrected chi connectivity index (χ0v) is 24.3. The minimum atomic E-state index is -0.813. The summed E-state index contributed by atoms with van der Waals surface area (Å²) >= 11 is 6.66. The van der Waals surface area contributed by atoms with Crippen molar-refractivity contribution in [2.45, 2.75) is 88.1 Å². The number of rotatable bonds is 4. The summed E-state index contributed by atoms with van der Waals surface area (Å²) < 4.78 is 27.6. The topological polar surface area (TPSA) is 101 Å². The summed E-state index contributed by atoms with van der Waals surface area (Å²) in [6.07, 6.45) is 7.62. The van der Waals surface area contributed by atoms with Crippen molar-refractivity contribution >= 4 is 23.1 Å². The Balaban J connectivity index is 1.25. The van der Waals surface area contributed by atoms with E-state index in [-0.39, 0.29) is 11.5 Å². The Morgan fingerprint density at radius 3 is 2.93 bits per heavy atom. The number of fused-ring (bicyclic) bond motifs is 4. The molecule has 7 rings (SSSR count). The van der Waals surface area contributed by atoms with E-state index in [4.69, 9.17) is 36.8 Å². The van der Waals surface area contributed by atoms with Crippen LogP contribution in [0, 0.1) is 17.2 Å². The largest absolute Gasteiger partial charge is 0.461 e. The maximum atomic E-state index is 14.4. The van der Waals surface area contributed by atoms with Gasteiger partial charge >= 0.3 is 6.01 Å². The highest BCUT2D eigenvalue weighted by Crippen LogP contribution is 2.48. The number of benzene rings is 1. The van der Waals surface area contributed by atoms with E-state index in [0.29, 0.717) is 49.3 Å². The molecule has 4 atom stereocenters. The summed E-state index contributed by atoms with van der Waals surface area (Å²) in [6.45, 7) is 3.75. The third-order valence-corrected chi connectivity index (χ3v) is 10.5. The van der Waals surface area contributed by atoms with Gasteiger partial charge in [0.05, 0.1) is 29.5 Å². The van der Waals surface area contributed by atoms with Crippen molar-refractivity contribution in [3.8, 4) is 12.1 Å². The van der Waals surface area contributed by atoms with E-state index in [0.717, 1.165) is 99.2 Å². The minimum Gasteiger partial charge on any atom is -0.461 e. The third kappa shape index (κ3) is 4.82. The zero-order chi connectivity index (χ0) is 28.2. The van der Waals surface area contributed by atoms with Crippen LogP contribution in [-0.2, 0) is 29.8 Å². The first kappa shape index (κ1) is 27.2. The number of ether oxygens (including phenoxy) is 2. The molecule has 0 amide bonds. The summed E-state index contributed by atoms with van der Waals surface area (Å²) in [7, 11) is 0. The van der Waals surface area contributed by atoms with Gasteiger partial charge in [0.2, 0.25) is 0 Å². The predicted molar refractivity (Wildman–Crippen MR) is 155 cm³/mol. The Morgan fingerprint density at radius 2 is 2.05 bits per heavy atom. The lowest BCUT2D eigenvalue weighted by Crippen LogP contribution is -2.44. The molecule has 41 heavy (non-hydrogen) atoms. The van der Waals surface area contributed by atoms with Gasteiger partial charge in [-0.25, -0.2) is 4.39 Å². The molecule has 1 aromatic carbocycles. The van der Waals surface area contributed by atoms with Gasteiger partial charge in [-0.15, -0.1) is 0 Å². The fraction of sp³-hybridized carbons (Fsp3) is 0.645. The van der Waals surface area contributed by atoms with E-state index in [9.17, 15) is 9.65 Å². The molecule has 1 unspecified atom stereocenters. The molecule has 8 nitrogen and oxygen atoms in total. The van der Waals surface area contributed by atoms with E-state index in [1.165, 1.54) is 0 Å². The van der Waals surface area contributed by atoms with Crippen molar-refractivity contribution in [1.29, 1.82) is 5.26 Å². The molecule has 3 saturated heterocycles. The first-order chi connectivity index (χ1) is 19.9. The van der Waals surface area contributed by atoms with Gasteiger partial charge in [0.15, 0.2) is 0 Å². The lowest BCUT2D eigenvalue weighted by molar-refractivity contribution is -0.0855. The van der Waals surface area contributed by atoms with Crippen LogP contribution in [0.15, 0.2) is 12.1 Å². The number of alkyl halides is 1. The summed E-state index contributed by atoms with van der Waals surface area (Å²) in [6, 6.07) is 6.65. The molecule has 5 aliphatic rings. The van der Waals surface area contributed by atoms with Crippen LogP contribution < -0.4 is 15.4 Å². The van der Waals surface area contributed by atoms with Crippen molar-refractivity contribution in [2.75, 3.05) is 43.4 Å². The first-order valence-electron chi connectivity index (χ1n) is 15.2. The van der Waals surface area contributed by atoms with Crippen molar-refractivity contribution in [1.82, 2.24) is 14.9 Å². The van der Waals surface area contributed by atoms with Crippen LogP contribution >= 0.6 is 11.6 Å². The molecule has 0 saturated carbocycles. The van der Waals surface area contributed by atoms with Gasteiger partial charge in [-0.2, -0.15) is 15.2 Å². The fourth-order valence-corrected chi connectivity index (χ4v) is 8.39. The highest BCUT2D eigenvalue weighted by atomic mass is 35.5. The van der Waals surface area contributed by atoms with E-state index in [2.05, 4.69) is 15.9 Å². The average molecular weight is 581 g/mol. The van der Waals surface area contributed by atoms with Gasteiger partial charge in [-0.3, -0.25) is 4.90 Å². The quantitative estimate of drug-likeness (QED) is 0.499. The molecular formula is C31H38ClFN6O2. The van der Waals surface area contributed by atoms with Crippen molar-refractivity contribution in [2.24, 2.45) is 5.92 Å². The van der Waals surface area contributed by atoms with Crippen LogP contribution in [0.5, 0.6) is 6.01 Å². The second-order valence-corrected chi connectivity index (χ2v) is 13.1. The molecule has 1 aromatic heterocycles. The maximum absolute atomic E-state index is 14.4. The van der Waals surface area contributed by atoms with Gasteiger partial charge in [-0.05, 0) is 81.2 Å². The molecule has 10 heteroatoms. The number of nitrogen functional groups attached to an aromatic ring is 1. The van der Waals surface area contributed by atoms with Crippen molar-refractivity contribution < 1.29 is 13.9 Å². The SMILES string of the molecule is N#C[C@@H]1CCCN(c2nc(OC[C@@]34CCCN3C[C@H](F)C4)nc3c2COC2(CCCc4c(Cl)cc(N)cc42)C3)CC1. The average Bonchev–Trinajstić information content (AvgIpc) is 3.36. The first-order valence-corrected chi connectivity index (χ1v) is 15.5. The van der Waals surface area contributed by atoms with Crippen molar-refractivity contribution in [3.63, 3.8) is 0 Å². The van der Waals surface area contributed by atoms with Gasteiger partial charge in [0.1, 0.15) is 18.6 Å². The van der Waals surface area contributed by atoms with Crippen LogP contribution in [0.1, 0.15) is 73.8 Å². The number of hydrogen-bond donors (Lipinski definition) is 1. The normalized spacial score (nSPS) is 31.3. The Kier molecular flexibility index (Phi) is 7.00. The molecule has 0 radical (unpaired) electrons. The Hall–Kier alpha value is -2.67. The Labute approximate surface area is 246 Å². The molecule has 1 aliphatic carbocycles. The number of anilines is 2. The second-order valence-electron chi connectivity index (χ2n) is 12.7. The van der Waals surface area contributed by atoms with E-state index in [1.54, 1.807) is 0 Å². The molecule has 218 valence electrons. The number of hydrogen-bond acceptors (Lipinski definition) is 8. The van der Waals surface area contributed by atoms with Crippen LogP contribution in [0.3, 0.4) is 0 Å². The lowest BCUT2D eigenvalue weighted by atomic mass is 9.74. The van der Waals surface area contributed by atoms with E-state index in [1.807, 2.05) is 12.1 Å². The Morgan fingerprint density at radius 1 is 1.15 bits per heavy atom. The van der Waals surface area contributed by atoms with Crippen LogP contribution in [0.4, 0.5) is 15.9 Å². The Bertz CT molecular complexity index is 1390. The highest BCUT2D eigenvalue weighted by molar-refractivity contribution is 6.31. The third-order valence-electron chi connectivity index (χ3n) is 10.2. The second kappa shape index (κ2) is 10.6. The number of nitriles is 1. The van der Waals surface area contributed by atoms with E-state index < -0.39 is 11.8 Å². The van der Waals surface area contributed by atoms with Crippen LogP contribution in [0.25, 0.3) is 0 Å². The number of aromatic nitrogens is 2. The van der Waals surface area contributed by atoms with E-state index >= 15 is 0 Å².